The van der Waals surface area contributed by atoms with Crippen molar-refractivity contribution >= 4 is 22.8 Å². The van der Waals surface area contributed by atoms with Gasteiger partial charge < -0.3 is 20.1 Å². The fraction of sp³-hybridized carbons (Fsp3) is 0.192. The third-order valence-corrected chi connectivity index (χ3v) is 5.57. The lowest BCUT2D eigenvalue weighted by atomic mass is 10.1. The fourth-order valence-corrected chi connectivity index (χ4v) is 3.76. The van der Waals surface area contributed by atoms with Gasteiger partial charge in [-0.3, -0.25) is 4.90 Å². The van der Waals surface area contributed by atoms with Gasteiger partial charge in [0.05, 0.1) is 25.1 Å². The van der Waals surface area contributed by atoms with E-state index in [-0.39, 0.29) is 0 Å². The largest absolute Gasteiger partial charge is 0.379 e. The molecular formula is C26H24N6O. The van der Waals surface area contributed by atoms with Crippen molar-refractivity contribution in [2.45, 2.75) is 6.54 Å². The molecular weight excluding hydrogens is 412 g/mol. The molecule has 1 saturated heterocycles. The number of aromatic nitrogens is 4. The van der Waals surface area contributed by atoms with Crippen LogP contribution in [0.3, 0.4) is 0 Å². The molecule has 3 N–H and O–H groups in total. The number of hydrogen-bond donors (Lipinski definition) is 3. The summed E-state index contributed by atoms with van der Waals surface area (Å²) >= 11 is 0. The van der Waals surface area contributed by atoms with Crippen molar-refractivity contribution in [2.24, 2.45) is 0 Å². The third kappa shape index (κ3) is 5.09. The second-order valence-corrected chi connectivity index (χ2v) is 7.86. The number of H-pyrrole nitrogens is 2. The topological polar surface area (TPSA) is 93.7 Å². The summed E-state index contributed by atoms with van der Waals surface area (Å²) in [6.45, 7) is 4.45. The molecule has 0 amide bonds. The second kappa shape index (κ2) is 9.65. The van der Waals surface area contributed by atoms with Crippen LogP contribution in [0, 0.1) is 17.3 Å². The number of morpholine rings is 1. The molecule has 4 heterocycles. The molecule has 0 saturated carbocycles. The summed E-state index contributed by atoms with van der Waals surface area (Å²) in [6.07, 6.45) is 8.84. The Balaban J connectivity index is 1.21. The minimum Gasteiger partial charge on any atom is -0.379 e. The van der Waals surface area contributed by atoms with Crippen molar-refractivity contribution in [3.8, 4) is 11.8 Å². The standard InChI is InChI=1S/C26H24N6O/c27-24(21-3-1-19(2-4-21)18-32-13-15-33-16-14-32)7-8-25-30-17-22(31-25)6-5-20-9-11-28-26-23(20)10-12-29-26/h1-4,7-12,17,27H,13-16,18H2,(H,28,29)(H,30,31)/b8-7-,27-24?. The predicted octanol–water partition coefficient (Wildman–Crippen LogP) is 3.60. The van der Waals surface area contributed by atoms with Gasteiger partial charge in [0.1, 0.15) is 17.2 Å². The number of nitrogens with zero attached hydrogens (tertiary/aromatic N) is 3. The van der Waals surface area contributed by atoms with Crippen LogP contribution in [0.15, 0.2) is 61.1 Å². The smallest absolute Gasteiger partial charge is 0.138 e. The summed E-state index contributed by atoms with van der Waals surface area (Å²) in [7, 11) is 0. The normalized spacial score (nSPS) is 14.4. The van der Waals surface area contributed by atoms with E-state index in [2.05, 4.69) is 48.8 Å². The van der Waals surface area contributed by atoms with Gasteiger partial charge in [0.25, 0.3) is 0 Å². The Bertz CT molecular complexity index is 1350. The molecule has 33 heavy (non-hydrogen) atoms. The fourth-order valence-electron chi connectivity index (χ4n) is 3.76. The summed E-state index contributed by atoms with van der Waals surface area (Å²) in [5, 5.41) is 9.37. The number of allylic oxidation sites excluding steroid dienone is 1. The van der Waals surface area contributed by atoms with E-state index in [0.717, 1.165) is 55.0 Å². The first-order chi connectivity index (χ1) is 16.2. The number of rotatable bonds is 5. The first kappa shape index (κ1) is 20.9. The van der Waals surface area contributed by atoms with Gasteiger partial charge in [-0.2, -0.15) is 0 Å². The van der Waals surface area contributed by atoms with Crippen LogP contribution in [0.1, 0.15) is 28.2 Å². The zero-order chi connectivity index (χ0) is 22.5. The molecule has 5 rings (SSSR count). The first-order valence-electron chi connectivity index (χ1n) is 10.9. The Morgan fingerprint density at radius 2 is 1.94 bits per heavy atom. The van der Waals surface area contributed by atoms with E-state index < -0.39 is 0 Å². The Morgan fingerprint density at radius 1 is 1.09 bits per heavy atom. The zero-order valence-electron chi connectivity index (χ0n) is 18.1. The molecule has 0 atom stereocenters. The summed E-state index contributed by atoms with van der Waals surface area (Å²) in [5.74, 6) is 6.95. The summed E-state index contributed by atoms with van der Waals surface area (Å²) in [4.78, 5) is 17.3. The van der Waals surface area contributed by atoms with E-state index in [1.807, 2.05) is 30.5 Å². The van der Waals surface area contributed by atoms with Crippen LogP contribution < -0.4 is 0 Å². The molecule has 164 valence electrons. The average molecular weight is 437 g/mol. The maximum Gasteiger partial charge on any atom is 0.138 e. The summed E-state index contributed by atoms with van der Waals surface area (Å²) in [6, 6.07) is 12.0. The van der Waals surface area contributed by atoms with Crippen molar-refractivity contribution in [1.82, 2.24) is 24.8 Å². The van der Waals surface area contributed by atoms with Gasteiger partial charge >= 0.3 is 0 Å². The maximum absolute atomic E-state index is 8.37. The Hall–Kier alpha value is -3.99. The van der Waals surface area contributed by atoms with Crippen LogP contribution in [-0.2, 0) is 11.3 Å². The molecule has 1 aliphatic heterocycles. The number of fused-ring (bicyclic) bond motifs is 1. The van der Waals surface area contributed by atoms with Crippen molar-refractivity contribution in [3.05, 3.63) is 89.3 Å². The van der Waals surface area contributed by atoms with E-state index in [4.69, 9.17) is 10.1 Å². The minimum atomic E-state index is 0.434. The highest BCUT2D eigenvalue weighted by Crippen LogP contribution is 2.14. The van der Waals surface area contributed by atoms with Crippen LogP contribution in [-0.4, -0.2) is 56.9 Å². The van der Waals surface area contributed by atoms with Gasteiger partial charge in [-0.05, 0) is 41.3 Å². The molecule has 4 aromatic rings. The molecule has 0 bridgehead atoms. The minimum absolute atomic E-state index is 0.434. The van der Waals surface area contributed by atoms with Gasteiger partial charge in [-0.1, -0.05) is 30.2 Å². The lowest BCUT2D eigenvalue weighted by molar-refractivity contribution is 0.0342. The number of pyridine rings is 1. The first-order valence-corrected chi connectivity index (χ1v) is 10.9. The Kier molecular flexibility index (Phi) is 6.11. The second-order valence-electron chi connectivity index (χ2n) is 7.86. The highest BCUT2D eigenvalue weighted by Gasteiger charge is 2.10. The highest BCUT2D eigenvalue weighted by molar-refractivity contribution is 6.08. The van der Waals surface area contributed by atoms with Crippen LogP contribution in [0.4, 0.5) is 0 Å². The quantitative estimate of drug-likeness (QED) is 0.329. The summed E-state index contributed by atoms with van der Waals surface area (Å²) < 4.78 is 5.40. The molecule has 1 aliphatic rings. The van der Waals surface area contributed by atoms with E-state index in [0.29, 0.717) is 17.2 Å². The van der Waals surface area contributed by atoms with Crippen molar-refractivity contribution in [2.75, 3.05) is 26.3 Å². The number of benzene rings is 1. The number of aromatic amines is 2. The van der Waals surface area contributed by atoms with Crippen LogP contribution >= 0.6 is 0 Å². The van der Waals surface area contributed by atoms with E-state index >= 15 is 0 Å². The Labute approximate surface area is 192 Å². The molecule has 7 nitrogen and oxygen atoms in total. The number of ether oxygens (including phenoxy) is 1. The average Bonchev–Trinajstić information content (AvgIpc) is 3.52. The van der Waals surface area contributed by atoms with Crippen LogP contribution in [0.25, 0.3) is 17.1 Å². The lowest BCUT2D eigenvalue weighted by Gasteiger charge is -2.26. The van der Waals surface area contributed by atoms with Gasteiger partial charge in [-0.25, -0.2) is 9.97 Å². The van der Waals surface area contributed by atoms with Crippen molar-refractivity contribution < 1.29 is 4.74 Å². The molecule has 1 fully saturated rings. The van der Waals surface area contributed by atoms with Gasteiger partial charge in [-0.15, -0.1) is 0 Å². The van der Waals surface area contributed by atoms with Gasteiger partial charge in [0.15, 0.2) is 0 Å². The third-order valence-electron chi connectivity index (χ3n) is 5.57. The molecule has 0 radical (unpaired) electrons. The van der Waals surface area contributed by atoms with Gasteiger partial charge in [0, 0.05) is 43.0 Å². The SMILES string of the molecule is N=C(/C=C\c1ncc(C#Cc2ccnc3[nH]ccc23)[nH]1)c1ccc(CN2CCOCC2)cc1. The monoisotopic (exact) mass is 436 g/mol. The molecule has 3 aromatic heterocycles. The maximum atomic E-state index is 8.37. The van der Waals surface area contributed by atoms with Crippen molar-refractivity contribution in [1.29, 1.82) is 5.41 Å². The lowest BCUT2D eigenvalue weighted by Crippen LogP contribution is -2.35. The van der Waals surface area contributed by atoms with Gasteiger partial charge in [0.2, 0.25) is 0 Å². The number of nitrogens with one attached hydrogen (secondary N) is 3. The Morgan fingerprint density at radius 3 is 2.79 bits per heavy atom. The predicted molar refractivity (Wildman–Crippen MR) is 129 cm³/mol. The molecule has 0 unspecified atom stereocenters. The van der Waals surface area contributed by atoms with Crippen molar-refractivity contribution in [3.63, 3.8) is 0 Å². The van der Waals surface area contributed by atoms with Crippen LogP contribution in [0.5, 0.6) is 0 Å². The highest BCUT2D eigenvalue weighted by atomic mass is 16.5. The molecule has 0 spiro atoms. The molecule has 0 aliphatic carbocycles. The molecule has 7 heteroatoms. The zero-order valence-corrected chi connectivity index (χ0v) is 18.1. The van der Waals surface area contributed by atoms with E-state index in [9.17, 15) is 0 Å². The summed E-state index contributed by atoms with van der Waals surface area (Å²) in [5.41, 5.74) is 5.00. The van der Waals surface area contributed by atoms with Crippen LogP contribution in [0.2, 0.25) is 0 Å². The molecule has 1 aromatic carbocycles. The van der Waals surface area contributed by atoms with E-state index in [1.165, 1.54) is 5.56 Å². The number of hydrogen-bond acceptors (Lipinski definition) is 5. The number of imidazole rings is 1. The van der Waals surface area contributed by atoms with E-state index in [1.54, 1.807) is 24.5 Å².